The first kappa shape index (κ1) is 8.38. The predicted octanol–water partition coefficient (Wildman–Crippen LogP) is 1.18. The Hall–Kier alpha value is -0.715. The predicted molar refractivity (Wildman–Crippen MR) is 53.6 cm³/mol. The molecular weight excluding hydrogens is 131 g/mol. The highest BCUT2D eigenvalue weighted by atomic mass is 14.0. The molecule has 0 N–H and O–H groups in total. The molecule has 0 amide bonds. The standard InChI is InChI=1S/C10H15B/c1-6-5-7(2)9(4)10(11)8(6)3/h5H,11H2,1-4H3. The number of hydrogen-bond donors (Lipinski definition) is 0. The molecule has 0 aliphatic heterocycles. The SMILES string of the molecule is Bc1c(C)c(C)cc(C)c1C. The van der Waals surface area contributed by atoms with Crippen molar-refractivity contribution >= 4 is 13.3 Å². The van der Waals surface area contributed by atoms with Crippen molar-refractivity contribution in [3.05, 3.63) is 28.3 Å². The summed E-state index contributed by atoms with van der Waals surface area (Å²) in [4.78, 5) is 0. The lowest BCUT2D eigenvalue weighted by molar-refractivity contribution is 1.27. The van der Waals surface area contributed by atoms with Gasteiger partial charge < -0.3 is 0 Å². The Balaban J connectivity index is 3.46. The molecular formula is C10H15B. The molecule has 1 heteroatoms. The van der Waals surface area contributed by atoms with Crippen molar-refractivity contribution in [2.24, 2.45) is 0 Å². The number of rotatable bonds is 0. The van der Waals surface area contributed by atoms with Gasteiger partial charge in [-0.3, -0.25) is 0 Å². The minimum Gasteiger partial charge on any atom is -0.0827 e. The molecule has 1 aromatic carbocycles. The van der Waals surface area contributed by atoms with Crippen LogP contribution in [-0.4, -0.2) is 7.85 Å². The normalized spacial score (nSPS) is 10.2. The van der Waals surface area contributed by atoms with E-state index in [0.717, 1.165) is 0 Å². The van der Waals surface area contributed by atoms with Crippen molar-refractivity contribution in [1.29, 1.82) is 0 Å². The van der Waals surface area contributed by atoms with E-state index in [-0.39, 0.29) is 0 Å². The van der Waals surface area contributed by atoms with E-state index in [9.17, 15) is 0 Å². The first-order chi connectivity index (χ1) is 5.04. The summed E-state index contributed by atoms with van der Waals surface area (Å²) in [5.41, 5.74) is 7.14. The van der Waals surface area contributed by atoms with Crippen LogP contribution in [0.1, 0.15) is 22.3 Å². The fraction of sp³-hybridized carbons (Fsp3) is 0.400. The Labute approximate surface area is 70.0 Å². The second-order valence-electron chi connectivity index (χ2n) is 3.39. The second kappa shape index (κ2) is 2.73. The molecule has 0 saturated heterocycles. The van der Waals surface area contributed by atoms with Gasteiger partial charge in [-0.15, -0.1) is 0 Å². The van der Waals surface area contributed by atoms with Crippen LogP contribution in [0.5, 0.6) is 0 Å². The summed E-state index contributed by atoms with van der Waals surface area (Å²) < 4.78 is 0. The van der Waals surface area contributed by atoms with Crippen LogP contribution in [-0.2, 0) is 0 Å². The van der Waals surface area contributed by atoms with Gasteiger partial charge in [-0.1, -0.05) is 22.7 Å². The van der Waals surface area contributed by atoms with Crippen LogP contribution in [0.2, 0.25) is 0 Å². The quantitative estimate of drug-likeness (QED) is 0.482. The third-order valence-corrected chi connectivity index (χ3v) is 2.74. The lowest BCUT2D eigenvalue weighted by Crippen LogP contribution is -2.14. The van der Waals surface area contributed by atoms with Gasteiger partial charge in [0.2, 0.25) is 0 Å². The Bertz CT molecular complexity index is 261. The van der Waals surface area contributed by atoms with Crippen molar-refractivity contribution < 1.29 is 0 Å². The van der Waals surface area contributed by atoms with Crippen molar-refractivity contribution in [2.75, 3.05) is 0 Å². The number of benzene rings is 1. The molecule has 0 bridgehead atoms. The molecule has 0 saturated carbocycles. The summed E-state index contributed by atoms with van der Waals surface area (Å²) in [7, 11) is 2.20. The summed E-state index contributed by atoms with van der Waals surface area (Å²) in [6, 6.07) is 2.26. The molecule has 0 spiro atoms. The lowest BCUT2D eigenvalue weighted by atomic mass is 9.83. The molecule has 0 radical (unpaired) electrons. The van der Waals surface area contributed by atoms with E-state index >= 15 is 0 Å². The van der Waals surface area contributed by atoms with E-state index in [1.54, 1.807) is 0 Å². The zero-order chi connectivity index (χ0) is 8.59. The Morgan fingerprint density at radius 2 is 1.27 bits per heavy atom. The topological polar surface area (TPSA) is 0 Å². The van der Waals surface area contributed by atoms with Crippen molar-refractivity contribution in [1.82, 2.24) is 0 Å². The van der Waals surface area contributed by atoms with Crippen LogP contribution in [0.15, 0.2) is 6.07 Å². The van der Waals surface area contributed by atoms with Gasteiger partial charge in [-0.2, -0.15) is 0 Å². The number of aryl methyl sites for hydroxylation is 2. The first-order valence-corrected chi connectivity index (χ1v) is 4.08. The zero-order valence-electron chi connectivity index (χ0n) is 8.08. The van der Waals surface area contributed by atoms with Gasteiger partial charge in [-0.25, -0.2) is 0 Å². The van der Waals surface area contributed by atoms with E-state index < -0.39 is 0 Å². The minimum atomic E-state index is 1.41. The van der Waals surface area contributed by atoms with Gasteiger partial charge in [0.1, 0.15) is 7.85 Å². The van der Waals surface area contributed by atoms with Gasteiger partial charge in [0.05, 0.1) is 0 Å². The third-order valence-electron chi connectivity index (χ3n) is 2.74. The Morgan fingerprint density at radius 1 is 0.909 bits per heavy atom. The minimum absolute atomic E-state index is 1.41. The van der Waals surface area contributed by atoms with E-state index in [2.05, 4.69) is 41.6 Å². The Morgan fingerprint density at radius 3 is 1.64 bits per heavy atom. The first-order valence-electron chi connectivity index (χ1n) is 4.08. The summed E-state index contributed by atoms with van der Waals surface area (Å²) >= 11 is 0. The fourth-order valence-corrected chi connectivity index (χ4v) is 1.41. The van der Waals surface area contributed by atoms with E-state index in [1.165, 1.54) is 27.7 Å². The molecule has 1 aromatic rings. The highest BCUT2D eigenvalue weighted by Gasteiger charge is 2.02. The van der Waals surface area contributed by atoms with Gasteiger partial charge in [0, 0.05) is 0 Å². The zero-order valence-corrected chi connectivity index (χ0v) is 8.08. The molecule has 0 heterocycles. The van der Waals surface area contributed by atoms with Crippen LogP contribution < -0.4 is 5.46 Å². The smallest absolute Gasteiger partial charge is 0.0827 e. The maximum atomic E-state index is 2.26. The molecule has 0 aliphatic rings. The van der Waals surface area contributed by atoms with Gasteiger partial charge >= 0.3 is 0 Å². The third kappa shape index (κ3) is 1.32. The number of hydrogen-bond acceptors (Lipinski definition) is 0. The average molecular weight is 146 g/mol. The molecule has 0 fully saturated rings. The largest absolute Gasteiger partial charge is 0.140 e. The summed E-state index contributed by atoms with van der Waals surface area (Å²) in [6.45, 7) is 8.73. The summed E-state index contributed by atoms with van der Waals surface area (Å²) in [5.74, 6) is 0. The van der Waals surface area contributed by atoms with Crippen molar-refractivity contribution in [3.63, 3.8) is 0 Å². The monoisotopic (exact) mass is 146 g/mol. The molecule has 58 valence electrons. The van der Waals surface area contributed by atoms with Crippen LogP contribution in [0.3, 0.4) is 0 Å². The molecule has 0 nitrogen and oxygen atoms in total. The molecule has 11 heavy (non-hydrogen) atoms. The van der Waals surface area contributed by atoms with E-state index in [1.807, 2.05) is 0 Å². The molecule has 1 rings (SSSR count). The maximum absolute atomic E-state index is 2.26. The molecule has 0 aromatic heterocycles. The van der Waals surface area contributed by atoms with Crippen LogP contribution >= 0.6 is 0 Å². The van der Waals surface area contributed by atoms with Crippen molar-refractivity contribution in [2.45, 2.75) is 27.7 Å². The highest BCUT2D eigenvalue weighted by Crippen LogP contribution is 2.10. The van der Waals surface area contributed by atoms with Gasteiger partial charge in [-0.05, 0) is 38.8 Å². The average Bonchev–Trinajstić information content (AvgIpc) is 1.97. The Kier molecular flexibility index (Phi) is 2.08. The van der Waals surface area contributed by atoms with Crippen LogP contribution in [0, 0.1) is 27.7 Å². The maximum Gasteiger partial charge on any atom is 0.140 e. The fourth-order valence-electron chi connectivity index (χ4n) is 1.41. The molecule has 0 atom stereocenters. The van der Waals surface area contributed by atoms with Crippen molar-refractivity contribution in [3.8, 4) is 0 Å². The van der Waals surface area contributed by atoms with E-state index in [4.69, 9.17) is 0 Å². The highest BCUT2D eigenvalue weighted by molar-refractivity contribution is 6.34. The summed E-state index contributed by atoms with van der Waals surface area (Å²) in [5, 5.41) is 0. The second-order valence-corrected chi connectivity index (χ2v) is 3.39. The van der Waals surface area contributed by atoms with Gasteiger partial charge in [0.15, 0.2) is 0 Å². The summed E-state index contributed by atoms with van der Waals surface area (Å²) in [6.07, 6.45) is 0. The van der Waals surface area contributed by atoms with E-state index in [0.29, 0.717) is 0 Å². The van der Waals surface area contributed by atoms with Gasteiger partial charge in [0.25, 0.3) is 0 Å². The molecule has 0 aliphatic carbocycles. The molecule has 0 unspecified atom stereocenters. The van der Waals surface area contributed by atoms with Crippen LogP contribution in [0.25, 0.3) is 0 Å². The van der Waals surface area contributed by atoms with Crippen LogP contribution in [0.4, 0.5) is 0 Å². The lowest BCUT2D eigenvalue weighted by Gasteiger charge is -2.10.